The van der Waals surface area contributed by atoms with E-state index in [0.717, 1.165) is 49.4 Å². The van der Waals surface area contributed by atoms with Gasteiger partial charge < -0.3 is 9.73 Å². The Hall–Kier alpha value is -2.99. The number of hydrogen-bond acceptors (Lipinski definition) is 4. The monoisotopic (exact) mass is 393 g/mol. The minimum Gasteiger partial charge on any atom is -0.468 e. The van der Waals surface area contributed by atoms with E-state index < -0.39 is 0 Å². The Labute approximate surface area is 169 Å². The number of amides is 1. The van der Waals surface area contributed by atoms with Gasteiger partial charge in [0.1, 0.15) is 11.6 Å². The Morgan fingerprint density at radius 1 is 1.10 bits per heavy atom. The summed E-state index contributed by atoms with van der Waals surface area (Å²) in [7, 11) is 0. The van der Waals surface area contributed by atoms with Gasteiger partial charge in [0.15, 0.2) is 0 Å². The number of aromatic nitrogens is 1. The van der Waals surface area contributed by atoms with Crippen LogP contribution in [-0.2, 0) is 11.3 Å². The van der Waals surface area contributed by atoms with Crippen LogP contribution >= 0.6 is 0 Å². The van der Waals surface area contributed by atoms with Crippen LogP contribution in [0.2, 0.25) is 0 Å². The van der Waals surface area contributed by atoms with E-state index in [1.807, 2.05) is 24.3 Å². The van der Waals surface area contributed by atoms with Crippen molar-refractivity contribution in [2.75, 3.05) is 13.1 Å². The first-order valence-corrected chi connectivity index (χ1v) is 9.89. The molecule has 1 unspecified atom stereocenters. The van der Waals surface area contributed by atoms with Crippen LogP contribution in [0.1, 0.15) is 35.8 Å². The van der Waals surface area contributed by atoms with Crippen molar-refractivity contribution in [2.24, 2.45) is 5.92 Å². The number of rotatable bonds is 6. The molecular formula is C23H24FN3O2. The van der Waals surface area contributed by atoms with E-state index in [1.165, 1.54) is 12.1 Å². The maximum absolute atomic E-state index is 13.4. The molecule has 0 saturated carbocycles. The molecule has 4 rings (SSSR count). The number of nitrogens with zero attached hydrogens (tertiary/aromatic N) is 2. The summed E-state index contributed by atoms with van der Waals surface area (Å²) >= 11 is 0. The molecule has 1 fully saturated rings. The smallest absolute Gasteiger partial charge is 0.223 e. The summed E-state index contributed by atoms with van der Waals surface area (Å²) in [5.74, 6) is 0.654. The molecule has 1 amide bonds. The van der Waals surface area contributed by atoms with E-state index in [0.29, 0.717) is 0 Å². The second-order valence-corrected chi connectivity index (χ2v) is 7.40. The molecule has 1 aliphatic heterocycles. The third kappa shape index (κ3) is 4.90. The predicted molar refractivity (Wildman–Crippen MR) is 107 cm³/mol. The number of pyridine rings is 1. The van der Waals surface area contributed by atoms with E-state index in [-0.39, 0.29) is 23.7 Å². The van der Waals surface area contributed by atoms with E-state index >= 15 is 0 Å². The highest BCUT2D eigenvalue weighted by atomic mass is 19.1. The van der Waals surface area contributed by atoms with Gasteiger partial charge in [-0.15, -0.1) is 0 Å². The molecule has 3 heterocycles. The molecule has 0 bridgehead atoms. The molecule has 6 heteroatoms. The average molecular weight is 393 g/mol. The normalized spacial score (nSPS) is 16.4. The Bertz CT molecular complexity index is 905. The number of hydrogen-bond donors (Lipinski definition) is 1. The maximum atomic E-state index is 13.4. The summed E-state index contributed by atoms with van der Waals surface area (Å²) < 4.78 is 18.8. The number of nitrogens with one attached hydrogen (secondary N) is 1. The number of benzene rings is 1. The van der Waals surface area contributed by atoms with Crippen molar-refractivity contribution < 1.29 is 13.6 Å². The highest BCUT2D eigenvalue weighted by Crippen LogP contribution is 2.25. The van der Waals surface area contributed by atoms with Crippen molar-refractivity contribution in [3.05, 3.63) is 89.9 Å². The summed E-state index contributed by atoms with van der Waals surface area (Å²) in [5, 5.41) is 3.17. The summed E-state index contributed by atoms with van der Waals surface area (Å²) in [6.07, 6.45) is 6.69. The molecule has 1 N–H and O–H groups in total. The van der Waals surface area contributed by atoms with Crippen molar-refractivity contribution in [1.29, 1.82) is 0 Å². The Kier molecular flexibility index (Phi) is 6.00. The minimum atomic E-state index is -0.327. The van der Waals surface area contributed by atoms with Crippen molar-refractivity contribution in [1.82, 2.24) is 15.2 Å². The van der Waals surface area contributed by atoms with Crippen molar-refractivity contribution in [3.8, 4) is 0 Å². The number of furan rings is 1. The zero-order chi connectivity index (χ0) is 20.1. The topological polar surface area (TPSA) is 58.4 Å². The Morgan fingerprint density at radius 3 is 2.45 bits per heavy atom. The van der Waals surface area contributed by atoms with Crippen LogP contribution in [0.5, 0.6) is 0 Å². The summed E-state index contributed by atoms with van der Waals surface area (Å²) in [4.78, 5) is 19.4. The molecule has 1 saturated heterocycles. The van der Waals surface area contributed by atoms with Crippen molar-refractivity contribution in [3.63, 3.8) is 0 Å². The van der Waals surface area contributed by atoms with Gasteiger partial charge in [0.2, 0.25) is 5.91 Å². The first-order chi connectivity index (χ1) is 14.2. The SMILES string of the molecule is O=C(NC(c1ccncc1)c1ccc(F)cc1)C1CCN(Cc2ccco2)CC1. The number of carbonyl (C=O) groups is 1. The van der Waals surface area contributed by atoms with Crippen LogP contribution in [0.25, 0.3) is 0 Å². The molecular weight excluding hydrogens is 369 g/mol. The molecule has 0 aliphatic carbocycles. The van der Waals surface area contributed by atoms with Gasteiger partial charge in [-0.2, -0.15) is 0 Å². The number of carbonyl (C=O) groups excluding carboxylic acids is 1. The molecule has 0 radical (unpaired) electrons. The van der Waals surface area contributed by atoms with Gasteiger partial charge in [-0.3, -0.25) is 14.7 Å². The number of likely N-dealkylation sites (tertiary alicyclic amines) is 1. The lowest BCUT2D eigenvalue weighted by Crippen LogP contribution is -2.41. The predicted octanol–water partition coefficient (Wildman–Crippen LogP) is 3.93. The Morgan fingerprint density at radius 2 is 1.79 bits per heavy atom. The lowest BCUT2D eigenvalue weighted by atomic mass is 9.93. The fraction of sp³-hybridized carbons (Fsp3) is 0.304. The van der Waals surface area contributed by atoms with E-state index in [1.54, 1.807) is 30.8 Å². The van der Waals surface area contributed by atoms with Crippen LogP contribution < -0.4 is 5.32 Å². The molecule has 1 aliphatic rings. The second kappa shape index (κ2) is 9.01. The van der Waals surface area contributed by atoms with Gasteiger partial charge in [-0.1, -0.05) is 12.1 Å². The quantitative estimate of drug-likeness (QED) is 0.689. The first kappa shape index (κ1) is 19.3. The van der Waals surface area contributed by atoms with Crippen LogP contribution in [0.15, 0.2) is 71.6 Å². The van der Waals surface area contributed by atoms with E-state index in [4.69, 9.17) is 4.42 Å². The zero-order valence-corrected chi connectivity index (χ0v) is 16.1. The lowest BCUT2D eigenvalue weighted by molar-refractivity contribution is -0.127. The third-order valence-corrected chi connectivity index (χ3v) is 5.45. The van der Waals surface area contributed by atoms with Gasteiger partial charge in [-0.05, 0) is 73.5 Å². The lowest BCUT2D eigenvalue weighted by Gasteiger charge is -2.31. The summed E-state index contributed by atoms with van der Waals surface area (Å²) in [5.41, 5.74) is 1.77. The fourth-order valence-electron chi connectivity index (χ4n) is 3.81. The van der Waals surface area contributed by atoms with Gasteiger partial charge in [0, 0.05) is 18.3 Å². The van der Waals surface area contributed by atoms with E-state index in [2.05, 4.69) is 15.2 Å². The highest BCUT2D eigenvalue weighted by Gasteiger charge is 2.27. The molecule has 1 atom stereocenters. The maximum Gasteiger partial charge on any atom is 0.223 e. The average Bonchev–Trinajstić information content (AvgIpc) is 3.27. The molecule has 1 aromatic carbocycles. The van der Waals surface area contributed by atoms with Gasteiger partial charge in [-0.25, -0.2) is 4.39 Å². The molecule has 2 aromatic heterocycles. The number of halogens is 1. The number of piperidine rings is 1. The van der Waals surface area contributed by atoms with Crippen molar-refractivity contribution in [2.45, 2.75) is 25.4 Å². The van der Waals surface area contributed by atoms with Crippen LogP contribution in [0.4, 0.5) is 4.39 Å². The summed E-state index contributed by atoms with van der Waals surface area (Å²) in [6.45, 7) is 2.49. The summed E-state index contributed by atoms with van der Waals surface area (Å²) in [6, 6.07) is 13.6. The largest absolute Gasteiger partial charge is 0.468 e. The van der Waals surface area contributed by atoms with Gasteiger partial charge in [0.05, 0.1) is 18.8 Å². The molecule has 0 spiro atoms. The Balaban J connectivity index is 1.41. The van der Waals surface area contributed by atoms with Crippen LogP contribution in [0, 0.1) is 11.7 Å². The highest BCUT2D eigenvalue weighted by molar-refractivity contribution is 5.79. The van der Waals surface area contributed by atoms with Crippen LogP contribution in [-0.4, -0.2) is 28.9 Å². The molecule has 150 valence electrons. The standard InChI is InChI=1S/C23H24FN3O2/c24-20-5-3-17(4-6-20)22(18-7-11-25-12-8-18)26-23(28)19-9-13-27(14-10-19)16-21-2-1-15-29-21/h1-8,11-12,15,19,22H,9-10,13-14,16H2,(H,26,28). The zero-order valence-electron chi connectivity index (χ0n) is 16.1. The second-order valence-electron chi connectivity index (χ2n) is 7.40. The molecule has 29 heavy (non-hydrogen) atoms. The van der Waals surface area contributed by atoms with Gasteiger partial charge >= 0.3 is 0 Å². The van der Waals surface area contributed by atoms with Gasteiger partial charge in [0.25, 0.3) is 0 Å². The fourth-order valence-corrected chi connectivity index (χ4v) is 3.81. The molecule has 3 aromatic rings. The van der Waals surface area contributed by atoms with Crippen LogP contribution in [0.3, 0.4) is 0 Å². The first-order valence-electron chi connectivity index (χ1n) is 9.89. The van der Waals surface area contributed by atoms with Crippen molar-refractivity contribution >= 4 is 5.91 Å². The third-order valence-electron chi connectivity index (χ3n) is 5.45. The minimum absolute atomic E-state index is 0.0346. The molecule has 5 nitrogen and oxygen atoms in total. The van der Waals surface area contributed by atoms with E-state index in [9.17, 15) is 9.18 Å².